The number of hydrogen-bond donors (Lipinski definition) is 2. The maximum absolute atomic E-state index is 11.0. The first-order valence-electron chi connectivity index (χ1n) is 5.47. The Kier molecular flexibility index (Phi) is 2.57. The van der Waals surface area contributed by atoms with Gasteiger partial charge in [-0.25, -0.2) is 5.10 Å². The number of hydrogen-bond acceptors (Lipinski definition) is 6. The van der Waals surface area contributed by atoms with Crippen molar-refractivity contribution in [2.75, 3.05) is 5.73 Å². The van der Waals surface area contributed by atoms with Crippen LogP contribution in [0, 0.1) is 0 Å². The van der Waals surface area contributed by atoms with Crippen molar-refractivity contribution in [2.24, 2.45) is 0 Å². The molecule has 94 valence electrons. The van der Waals surface area contributed by atoms with E-state index in [-0.39, 0.29) is 11.4 Å². The fraction of sp³-hybridized carbons (Fsp3) is 0. The SMILES string of the molecule is Nc1noc(-c2ccc(=O)[nH]n2)c1-c1cccnc1. The van der Waals surface area contributed by atoms with Crippen LogP contribution >= 0.6 is 0 Å². The molecule has 0 fully saturated rings. The lowest BCUT2D eigenvalue weighted by Gasteiger charge is -2.00. The van der Waals surface area contributed by atoms with E-state index < -0.39 is 0 Å². The third kappa shape index (κ3) is 1.97. The van der Waals surface area contributed by atoms with E-state index in [2.05, 4.69) is 20.3 Å². The Morgan fingerprint density at radius 1 is 1.26 bits per heavy atom. The number of nitrogens with one attached hydrogen (secondary N) is 1. The molecule has 0 saturated heterocycles. The number of nitrogens with two attached hydrogens (primary N) is 1. The van der Waals surface area contributed by atoms with E-state index in [0.29, 0.717) is 17.0 Å². The average Bonchev–Trinajstić information content (AvgIpc) is 2.82. The van der Waals surface area contributed by atoms with Crippen molar-refractivity contribution in [3.05, 3.63) is 47.0 Å². The van der Waals surface area contributed by atoms with Crippen molar-refractivity contribution in [2.45, 2.75) is 0 Å². The molecule has 0 aliphatic heterocycles. The highest BCUT2D eigenvalue weighted by molar-refractivity contribution is 5.84. The van der Waals surface area contributed by atoms with E-state index in [1.807, 2.05) is 6.07 Å². The molecule has 0 atom stereocenters. The van der Waals surface area contributed by atoms with Crippen molar-refractivity contribution in [1.82, 2.24) is 20.3 Å². The van der Waals surface area contributed by atoms with Gasteiger partial charge in [0.05, 0.1) is 5.56 Å². The molecule has 0 aliphatic carbocycles. The molecule has 3 aromatic heterocycles. The summed E-state index contributed by atoms with van der Waals surface area (Å²) in [6.45, 7) is 0. The lowest BCUT2D eigenvalue weighted by Crippen LogP contribution is -2.05. The van der Waals surface area contributed by atoms with Crippen molar-refractivity contribution < 1.29 is 4.52 Å². The monoisotopic (exact) mass is 255 g/mol. The van der Waals surface area contributed by atoms with E-state index in [9.17, 15) is 4.79 Å². The summed E-state index contributed by atoms with van der Waals surface area (Å²) in [6.07, 6.45) is 3.31. The molecule has 3 N–H and O–H groups in total. The number of nitrogens with zero attached hydrogens (tertiary/aromatic N) is 3. The van der Waals surface area contributed by atoms with Gasteiger partial charge in [0.15, 0.2) is 11.6 Å². The molecule has 3 heterocycles. The smallest absolute Gasteiger partial charge is 0.264 e. The molecule has 0 radical (unpaired) electrons. The molecule has 0 aromatic carbocycles. The topological polar surface area (TPSA) is 111 Å². The maximum Gasteiger partial charge on any atom is 0.264 e. The van der Waals surface area contributed by atoms with Gasteiger partial charge >= 0.3 is 0 Å². The molecule has 7 nitrogen and oxygen atoms in total. The molecule has 3 rings (SSSR count). The summed E-state index contributed by atoms with van der Waals surface area (Å²) in [7, 11) is 0. The van der Waals surface area contributed by atoms with E-state index >= 15 is 0 Å². The number of anilines is 1. The van der Waals surface area contributed by atoms with Gasteiger partial charge < -0.3 is 10.3 Å². The molecule has 0 amide bonds. The molecule has 7 heteroatoms. The van der Waals surface area contributed by atoms with E-state index in [4.69, 9.17) is 10.3 Å². The largest absolute Gasteiger partial charge is 0.380 e. The first-order valence-corrected chi connectivity index (χ1v) is 5.47. The summed E-state index contributed by atoms with van der Waals surface area (Å²) >= 11 is 0. The van der Waals surface area contributed by atoms with Gasteiger partial charge in [0, 0.05) is 24.0 Å². The lowest BCUT2D eigenvalue weighted by molar-refractivity contribution is 0.434. The summed E-state index contributed by atoms with van der Waals surface area (Å²) in [4.78, 5) is 15.0. The molecule has 3 aromatic rings. The molecule has 0 spiro atoms. The van der Waals surface area contributed by atoms with Crippen molar-refractivity contribution in [1.29, 1.82) is 0 Å². The van der Waals surface area contributed by atoms with Crippen LogP contribution in [0.4, 0.5) is 5.82 Å². The maximum atomic E-state index is 11.0. The van der Waals surface area contributed by atoms with Crippen LogP contribution in [0.3, 0.4) is 0 Å². The van der Waals surface area contributed by atoms with Gasteiger partial charge in [-0.3, -0.25) is 9.78 Å². The highest BCUT2D eigenvalue weighted by Crippen LogP contribution is 2.34. The molecular weight excluding hydrogens is 246 g/mol. The zero-order valence-electron chi connectivity index (χ0n) is 9.70. The number of H-pyrrole nitrogens is 1. The fourth-order valence-electron chi connectivity index (χ4n) is 1.74. The molecular formula is C12H9N5O2. The zero-order valence-corrected chi connectivity index (χ0v) is 9.70. The Hall–Kier alpha value is -2.96. The predicted octanol–water partition coefficient (Wildman–Crippen LogP) is 1.07. The molecule has 0 saturated carbocycles. The first-order chi connectivity index (χ1) is 9.25. The summed E-state index contributed by atoms with van der Waals surface area (Å²) in [5.74, 6) is 0.637. The minimum Gasteiger partial charge on any atom is -0.380 e. The third-order valence-corrected chi connectivity index (χ3v) is 2.58. The predicted molar refractivity (Wildman–Crippen MR) is 68.0 cm³/mol. The lowest BCUT2D eigenvalue weighted by atomic mass is 10.1. The molecule has 0 aliphatic rings. The highest BCUT2D eigenvalue weighted by atomic mass is 16.5. The van der Waals surface area contributed by atoms with Gasteiger partial charge in [0.1, 0.15) is 5.69 Å². The van der Waals surface area contributed by atoms with Crippen LogP contribution < -0.4 is 11.3 Å². The fourth-order valence-corrected chi connectivity index (χ4v) is 1.74. The quantitative estimate of drug-likeness (QED) is 0.708. The molecule has 0 bridgehead atoms. The van der Waals surface area contributed by atoms with Crippen LogP contribution in [-0.2, 0) is 0 Å². The van der Waals surface area contributed by atoms with Crippen LogP contribution in [-0.4, -0.2) is 20.3 Å². The number of aromatic nitrogens is 4. The van der Waals surface area contributed by atoms with Gasteiger partial charge in [0.25, 0.3) is 5.56 Å². The normalized spacial score (nSPS) is 10.5. The van der Waals surface area contributed by atoms with Crippen molar-refractivity contribution in [3.63, 3.8) is 0 Å². The van der Waals surface area contributed by atoms with Crippen LogP contribution in [0.1, 0.15) is 0 Å². The Labute approximate surface area is 107 Å². The van der Waals surface area contributed by atoms with Gasteiger partial charge in [-0.1, -0.05) is 11.2 Å². The van der Waals surface area contributed by atoms with Crippen LogP contribution in [0.2, 0.25) is 0 Å². The average molecular weight is 255 g/mol. The second-order valence-corrected chi connectivity index (χ2v) is 3.82. The minimum absolute atomic E-state index is 0.246. The standard InChI is InChI=1S/C12H9N5O2/c13-12-10(7-2-1-5-14-6-7)11(19-17-12)8-3-4-9(18)16-15-8/h1-6H,(H2,13,17)(H,16,18). The minimum atomic E-state index is -0.292. The number of aromatic amines is 1. The summed E-state index contributed by atoms with van der Waals surface area (Å²) in [5, 5.41) is 9.97. The number of rotatable bonds is 2. The summed E-state index contributed by atoms with van der Waals surface area (Å²) < 4.78 is 5.19. The van der Waals surface area contributed by atoms with E-state index in [1.165, 1.54) is 6.07 Å². The van der Waals surface area contributed by atoms with Crippen molar-refractivity contribution >= 4 is 5.82 Å². The van der Waals surface area contributed by atoms with E-state index in [1.54, 1.807) is 24.5 Å². The van der Waals surface area contributed by atoms with Gasteiger partial charge in [-0.2, -0.15) is 5.10 Å². The first kappa shape index (κ1) is 11.1. The Morgan fingerprint density at radius 2 is 2.16 bits per heavy atom. The molecule has 0 unspecified atom stereocenters. The second-order valence-electron chi connectivity index (χ2n) is 3.82. The number of nitrogen functional groups attached to an aromatic ring is 1. The van der Waals surface area contributed by atoms with Gasteiger partial charge in [-0.15, -0.1) is 0 Å². The van der Waals surface area contributed by atoms with E-state index in [0.717, 1.165) is 5.56 Å². The second kappa shape index (κ2) is 4.37. The van der Waals surface area contributed by atoms with Gasteiger partial charge in [-0.05, 0) is 12.1 Å². The Bertz CT molecular complexity index is 743. The highest BCUT2D eigenvalue weighted by Gasteiger charge is 2.18. The van der Waals surface area contributed by atoms with Crippen molar-refractivity contribution in [3.8, 4) is 22.6 Å². The third-order valence-electron chi connectivity index (χ3n) is 2.58. The summed E-state index contributed by atoms with van der Waals surface area (Å²) in [6, 6.07) is 6.52. The van der Waals surface area contributed by atoms with Crippen LogP contribution in [0.5, 0.6) is 0 Å². The zero-order chi connectivity index (χ0) is 13.2. The Balaban J connectivity index is 2.19. The summed E-state index contributed by atoms with van der Waals surface area (Å²) in [5.41, 5.74) is 7.33. The number of pyridine rings is 1. The Morgan fingerprint density at radius 3 is 2.84 bits per heavy atom. The van der Waals surface area contributed by atoms with Crippen LogP contribution in [0.15, 0.2) is 46.0 Å². The molecule has 19 heavy (non-hydrogen) atoms. The van der Waals surface area contributed by atoms with Crippen LogP contribution in [0.25, 0.3) is 22.6 Å². The van der Waals surface area contributed by atoms with Gasteiger partial charge in [0.2, 0.25) is 0 Å².